The van der Waals surface area contributed by atoms with Crippen molar-refractivity contribution in [1.82, 2.24) is 5.32 Å². The van der Waals surface area contributed by atoms with Gasteiger partial charge < -0.3 is 25.0 Å². The van der Waals surface area contributed by atoms with E-state index >= 15 is 0 Å². The van der Waals surface area contributed by atoms with E-state index in [9.17, 15) is 19.8 Å². The quantitative estimate of drug-likeness (QED) is 0.441. The van der Waals surface area contributed by atoms with E-state index in [0.717, 1.165) is 0 Å². The largest absolute Gasteiger partial charge is 0.507 e. The zero-order valence-corrected chi connectivity index (χ0v) is 14.1. The second-order valence-corrected chi connectivity index (χ2v) is 5.66. The second kappa shape index (κ2) is 6.79. The number of hydrogen-bond donors (Lipinski definition) is 3. The number of ketones is 1. The first-order chi connectivity index (χ1) is 12.5. The minimum absolute atomic E-state index is 0.0732. The maximum Gasteiger partial charge on any atom is 0.293 e. The number of ether oxygens (including phenoxy) is 2. The summed E-state index contributed by atoms with van der Waals surface area (Å²) in [6.07, 6.45) is 0. The summed E-state index contributed by atoms with van der Waals surface area (Å²) in [5.41, 5.74) is 0.763. The smallest absolute Gasteiger partial charge is 0.293 e. The molecule has 134 valence electrons. The molecule has 1 amide bonds. The number of aromatic hydroxyl groups is 1. The molecule has 1 saturated heterocycles. The SMILES string of the molecule is COc1cccc(C(O)=C2C(=O)C(=O)NC2c2ccc(O)c(OC)c2)c1. The van der Waals surface area contributed by atoms with Crippen molar-refractivity contribution in [1.29, 1.82) is 0 Å². The summed E-state index contributed by atoms with van der Waals surface area (Å²) in [4.78, 5) is 24.3. The lowest BCUT2D eigenvalue weighted by molar-refractivity contribution is -0.133. The number of phenols is 1. The zero-order chi connectivity index (χ0) is 18.8. The van der Waals surface area contributed by atoms with Crippen LogP contribution in [0.3, 0.4) is 0 Å². The Morgan fingerprint density at radius 2 is 1.85 bits per heavy atom. The Bertz CT molecular complexity index is 918. The molecule has 7 nitrogen and oxygen atoms in total. The number of phenolic OH excluding ortho intramolecular Hbond substituents is 1. The van der Waals surface area contributed by atoms with Gasteiger partial charge in [0.1, 0.15) is 11.5 Å². The minimum Gasteiger partial charge on any atom is -0.507 e. The van der Waals surface area contributed by atoms with Crippen LogP contribution >= 0.6 is 0 Å². The molecule has 0 radical (unpaired) electrons. The van der Waals surface area contributed by atoms with Crippen LogP contribution in [-0.4, -0.2) is 36.1 Å². The van der Waals surface area contributed by atoms with Gasteiger partial charge in [0.05, 0.1) is 25.8 Å². The fourth-order valence-corrected chi connectivity index (χ4v) is 2.82. The monoisotopic (exact) mass is 355 g/mol. The van der Waals surface area contributed by atoms with E-state index in [1.165, 1.54) is 26.4 Å². The van der Waals surface area contributed by atoms with E-state index in [4.69, 9.17) is 9.47 Å². The highest BCUT2D eigenvalue weighted by atomic mass is 16.5. The molecule has 2 aromatic carbocycles. The van der Waals surface area contributed by atoms with Crippen LogP contribution in [0.25, 0.3) is 5.76 Å². The molecule has 3 N–H and O–H groups in total. The van der Waals surface area contributed by atoms with Gasteiger partial charge in [-0.3, -0.25) is 9.59 Å². The highest BCUT2D eigenvalue weighted by Gasteiger charge is 2.39. The van der Waals surface area contributed by atoms with Crippen molar-refractivity contribution in [2.45, 2.75) is 6.04 Å². The highest BCUT2D eigenvalue weighted by Crippen LogP contribution is 2.36. The summed E-state index contributed by atoms with van der Waals surface area (Å²) in [6.45, 7) is 0. The fourth-order valence-electron chi connectivity index (χ4n) is 2.82. The maximum atomic E-state index is 12.3. The molecule has 0 saturated carbocycles. The molecule has 3 rings (SSSR count). The number of Topliss-reactive ketones (excluding diaryl/α,β-unsaturated/α-hetero) is 1. The van der Waals surface area contributed by atoms with E-state index in [1.807, 2.05) is 0 Å². The predicted octanol–water partition coefficient (Wildman–Crippen LogP) is 2.12. The van der Waals surface area contributed by atoms with Gasteiger partial charge in [-0.15, -0.1) is 0 Å². The number of benzene rings is 2. The molecule has 26 heavy (non-hydrogen) atoms. The Kier molecular flexibility index (Phi) is 4.53. The topological polar surface area (TPSA) is 105 Å². The number of aliphatic hydroxyl groups is 1. The molecule has 1 aliphatic rings. The third-order valence-electron chi connectivity index (χ3n) is 4.15. The van der Waals surface area contributed by atoms with Gasteiger partial charge in [-0.25, -0.2) is 0 Å². The summed E-state index contributed by atoms with van der Waals surface area (Å²) in [5, 5.41) is 23.0. The number of methoxy groups -OCH3 is 2. The normalized spacial score (nSPS) is 18.5. The van der Waals surface area contributed by atoms with E-state index in [0.29, 0.717) is 16.9 Å². The number of nitrogens with one attached hydrogen (secondary N) is 1. The van der Waals surface area contributed by atoms with E-state index in [2.05, 4.69) is 5.32 Å². The molecule has 0 aromatic heterocycles. The van der Waals surface area contributed by atoms with Gasteiger partial charge in [0, 0.05) is 5.56 Å². The zero-order valence-electron chi connectivity index (χ0n) is 14.1. The number of hydrogen-bond acceptors (Lipinski definition) is 6. The van der Waals surface area contributed by atoms with Gasteiger partial charge in [-0.05, 0) is 29.8 Å². The van der Waals surface area contributed by atoms with Gasteiger partial charge in [0.2, 0.25) is 0 Å². The first-order valence-corrected chi connectivity index (χ1v) is 7.76. The number of aliphatic hydroxyl groups excluding tert-OH is 1. The first kappa shape index (κ1) is 17.3. The minimum atomic E-state index is -0.865. The Hall–Kier alpha value is -3.48. The molecular formula is C19H17NO6. The molecule has 2 aromatic rings. The van der Waals surface area contributed by atoms with Crippen molar-refractivity contribution in [3.05, 3.63) is 59.2 Å². The third kappa shape index (κ3) is 2.95. The number of amides is 1. The van der Waals surface area contributed by atoms with Crippen LogP contribution in [-0.2, 0) is 9.59 Å². The van der Waals surface area contributed by atoms with Crippen LogP contribution in [0.5, 0.6) is 17.2 Å². The molecule has 7 heteroatoms. The summed E-state index contributed by atoms with van der Waals surface area (Å²) in [7, 11) is 2.88. The second-order valence-electron chi connectivity index (χ2n) is 5.66. The lowest BCUT2D eigenvalue weighted by Crippen LogP contribution is -2.21. The number of carbonyl (C=O) groups excluding carboxylic acids is 2. The fraction of sp³-hybridized carbons (Fsp3) is 0.158. The summed E-state index contributed by atoms with van der Waals surface area (Å²) >= 11 is 0. The summed E-state index contributed by atoms with van der Waals surface area (Å²) in [5.74, 6) is -1.33. The van der Waals surface area contributed by atoms with Gasteiger partial charge in [-0.2, -0.15) is 0 Å². The molecular weight excluding hydrogens is 338 g/mol. The first-order valence-electron chi connectivity index (χ1n) is 7.76. The van der Waals surface area contributed by atoms with Crippen molar-refractivity contribution < 1.29 is 29.3 Å². The maximum absolute atomic E-state index is 12.3. The summed E-state index contributed by atoms with van der Waals surface area (Å²) in [6, 6.07) is 10.1. The molecule has 1 aliphatic heterocycles. The Labute approximate surface area is 149 Å². The van der Waals surface area contributed by atoms with Crippen molar-refractivity contribution >= 4 is 17.4 Å². The van der Waals surface area contributed by atoms with Gasteiger partial charge >= 0.3 is 0 Å². The van der Waals surface area contributed by atoms with Crippen LogP contribution < -0.4 is 14.8 Å². The number of carbonyl (C=O) groups is 2. The Morgan fingerprint density at radius 1 is 1.08 bits per heavy atom. The molecule has 0 aliphatic carbocycles. The Morgan fingerprint density at radius 3 is 2.54 bits per heavy atom. The van der Waals surface area contributed by atoms with E-state index < -0.39 is 17.7 Å². The lowest BCUT2D eigenvalue weighted by atomic mass is 9.95. The third-order valence-corrected chi connectivity index (χ3v) is 4.15. The van der Waals surface area contributed by atoms with Crippen molar-refractivity contribution in [3.8, 4) is 17.2 Å². The van der Waals surface area contributed by atoms with Crippen molar-refractivity contribution in [2.75, 3.05) is 14.2 Å². The average Bonchev–Trinajstić information content (AvgIpc) is 2.96. The molecule has 0 spiro atoms. The van der Waals surface area contributed by atoms with Crippen LogP contribution in [0.15, 0.2) is 48.0 Å². The standard InChI is InChI=1S/C19H17NO6/c1-25-12-5-3-4-11(8-12)17(22)15-16(20-19(24)18(15)23)10-6-7-13(21)14(9-10)26-2/h3-9,16,21-22H,1-2H3,(H,20,24). The molecule has 1 atom stereocenters. The van der Waals surface area contributed by atoms with Crippen LogP contribution in [0.4, 0.5) is 0 Å². The molecule has 1 unspecified atom stereocenters. The van der Waals surface area contributed by atoms with E-state index in [-0.39, 0.29) is 22.8 Å². The van der Waals surface area contributed by atoms with Crippen molar-refractivity contribution in [3.63, 3.8) is 0 Å². The van der Waals surface area contributed by atoms with E-state index in [1.54, 1.807) is 30.3 Å². The van der Waals surface area contributed by atoms with Crippen molar-refractivity contribution in [2.24, 2.45) is 0 Å². The molecule has 1 heterocycles. The van der Waals surface area contributed by atoms with Crippen LogP contribution in [0.1, 0.15) is 17.2 Å². The summed E-state index contributed by atoms with van der Waals surface area (Å²) < 4.78 is 10.2. The molecule has 0 bridgehead atoms. The van der Waals surface area contributed by atoms with Gasteiger partial charge in [0.25, 0.3) is 11.7 Å². The molecule has 1 fully saturated rings. The predicted molar refractivity (Wildman–Crippen MR) is 93.1 cm³/mol. The van der Waals surface area contributed by atoms with Crippen LogP contribution in [0, 0.1) is 0 Å². The van der Waals surface area contributed by atoms with Gasteiger partial charge in [-0.1, -0.05) is 18.2 Å². The highest BCUT2D eigenvalue weighted by molar-refractivity contribution is 6.46. The lowest BCUT2D eigenvalue weighted by Gasteiger charge is -2.15. The average molecular weight is 355 g/mol. The Balaban J connectivity index is 2.13. The van der Waals surface area contributed by atoms with Gasteiger partial charge in [0.15, 0.2) is 11.5 Å². The number of rotatable bonds is 4. The van der Waals surface area contributed by atoms with Crippen LogP contribution in [0.2, 0.25) is 0 Å².